The van der Waals surface area contributed by atoms with Crippen LogP contribution in [0.15, 0.2) is 0 Å². The fourth-order valence-electron chi connectivity index (χ4n) is 4.73. The van der Waals surface area contributed by atoms with Gasteiger partial charge in [0, 0.05) is 0 Å². The molecule has 0 saturated heterocycles. The van der Waals surface area contributed by atoms with Crippen LogP contribution in [0, 0.1) is 11.3 Å². The third kappa shape index (κ3) is 21.5. The average Bonchev–Trinajstić information content (AvgIpc) is 2.91. The molecule has 0 aliphatic carbocycles. The van der Waals surface area contributed by atoms with Crippen LogP contribution in [0.25, 0.3) is 0 Å². The Balaban J connectivity index is 4.86. The van der Waals surface area contributed by atoms with Crippen molar-refractivity contribution < 1.29 is 28.7 Å². The zero-order chi connectivity index (χ0) is 30.3. The molecule has 4 atom stereocenters. The van der Waals surface area contributed by atoms with Crippen molar-refractivity contribution in [2.24, 2.45) is 11.3 Å². The first-order valence-electron chi connectivity index (χ1n) is 16.3. The monoisotopic (exact) mass is 606 g/mol. The molecule has 0 aromatic carbocycles. The first-order valence-corrected chi connectivity index (χ1v) is 17.6. The maximum atomic E-state index is 12.5. The molecule has 0 saturated carbocycles. The summed E-state index contributed by atoms with van der Waals surface area (Å²) < 4.78 is 28.4. The summed E-state index contributed by atoms with van der Waals surface area (Å²) in [6.45, 7) is 12.1. The molecule has 0 fully saturated rings. The van der Waals surface area contributed by atoms with E-state index in [-0.39, 0.29) is 12.0 Å². The summed E-state index contributed by atoms with van der Waals surface area (Å²) in [6.07, 6.45) is 22.0. The smallest absolute Gasteiger partial charge is 0.379 e. The minimum atomic E-state index is -2.60. The lowest BCUT2D eigenvalue weighted by atomic mass is 9.91. The topological polar surface area (TPSA) is 82.1 Å². The highest BCUT2D eigenvalue weighted by Gasteiger charge is 2.44. The van der Waals surface area contributed by atoms with Gasteiger partial charge in [-0.1, -0.05) is 151 Å². The first-order chi connectivity index (χ1) is 19.0. The number of hydrogen-bond donors (Lipinski definition) is 2. The highest BCUT2D eigenvalue weighted by atomic mass is 32.1. The molecular weight excluding hydrogens is 543 g/mol. The Kier molecular flexibility index (Phi) is 24.1. The summed E-state index contributed by atoms with van der Waals surface area (Å²) in [5, 5.41) is 10.6. The summed E-state index contributed by atoms with van der Waals surface area (Å²) in [5.41, 5.74) is -3.31. The van der Waals surface area contributed by atoms with Gasteiger partial charge in [-0.15, -0.1) is 12.6 Å². The first kappa shape index (κ1) is 39.8. The van der Waals surface area contributed by atoms with Crippen LogP contribution in [0.5, 0.6) is 0 Å². The van der Waals surface area contributed by atoms with E-state index in [1.807, 2.05) is 27.7 Å². The van der Waals surface area contributed by atoms with Crippen LogP contribution in [0.4, 0.5) is 0 Å². The summed E-state index contributed by atoms with van der Waals surface area (Å²) in [5.74, 6) is -0.577. The average molecular weight is 607 g/mol. The van der Waals surface area contributed by atoms with Crippen LogP contribution < -0.4 is 0 Å². The van der Waals surface area contributed by atoms with Gasteiger partial charge in [-0.2, -0.15) is 0 Å². The van der Waals surface area contributed by atoms with Gasteiger partial charge in [0.2, 0.25) is 8.46 Å². The van der Waals surface area contributed by atoms with Crippen LogP contribution in [-0.4, -0.2) is 34.9 Å². The Bertz CT molecular complexity index is 629. The maximum Gasteiger partial charge on any atom is 0.379 e. The lowest BCUT2D eigenvalue weighted by Crippen LogP contribution is -2.42. The van der Waals surface area contributed by atoms with Crippen LogP contribution in [0.1, 0.15) is 164 Å². The van der Waals surface area contributed by atoms with E-state index in [1.165, 1.54) is 96.3 Å². The number of thiol groups is 1. The minimum Gasteiger partial charge on any atom is -0.460 e. The molecule has 0 rings (SSSR count). The minimum absolute atomic E-state index is 0.0683. The molecule has 4 unspecified atom stereocenters. The molecule has 0 aliphatic rings. The summed E-state index contributed by atoms with van der Waals surface area (Å²) in [4.78, 5) is 12.5. The lowest BCUT2D eigenvalue weighted by Gasteiger charge is -2.29. The summed E-state index contributed by atoms with van der Waals surface area (Å²) in [6, 6.07) is 0. The Labute approximate surface area is 254 Å². The van der Waals surface area contributed by atoms with Gasteiger partial charge in [-0.25, -0.2) is 4.79 Å². The molecule has 0 heterocycles. The second-order valence-electron chi connectivity index (χ2n) is 12.7. The summed E-state index contributed by atoms with van der Waals surface area (Å²) in [7, 11) is -0.886. The normalized spacial score (nSPS) is 16.0. The fourth-order valence-corrected chi connectivity index (χ4v) is 5.46. The molecule has 0 amide bonds. The van der Waals surface area contributed by atoms with Gasteiger partial charge in [0.05, 0.1) is 6.61 Å². The third-order valence-electron chi connectivity index (χ3n) is 7.18. The quantitative estimate of drug-likeness (QED) is 0.0318. The van der Waals surface area contributed by atoms with E-state index < -0.39 is 31.7 Å². The van der Waals surface area contributed by atoms with Crippen molar-refractivity contribution in [1.29, 1.82) is 0 Å². The fraction of sp³-hybridized carbons (Fsp3) is 0.969. The van der Waals surface area contributed by atoms with E-state index in [0.717, 1.165) is 19.3 Å². The van der Waals surface area contributed by atoms with Crippen LogP contribution in [0.2, 0.25) is 0 Å². The molecule has 238 valence electrons. The van der Waals surface area contributed by atoms with Gasteiger partial charge in [0.25, 0.3) is 0 Å². The third-order valence-corrected chi connectivity index (χ3v) is 8.05. The van der Waals surface area contributed by atoms with Gasteiger partial charge < -0.3 is 19.3 Å². The molecule has 0 aromatic heterocycles. The second kappa shape index (κ2) is 24.3. The Hall–Kier alpha value is -0.200. The van der Waals surface area contributed by atoms with Gasteiger partial charge in [0.1, 0.15) is 5.44 Å². The maximum absolute atomic E-state index is 12.5. The van der Waals surface area contributed by atoms with Gasteiger partial charge in [0.15, 0.2) is 6.29 Å². The highest BCUT2D eigenvalue weighted by Crippen LogP contribution is 2.30. The van der Waals surface area contributed by atoms with Gasteiger partial charge >= 0.3 is 11.5 Å². The van der Waals surface area contributed by atoms with Crippen molar-refractivity contribution in [3.8, 4) is 0 Å². The molecule has 8 heteroatoms. The van der Waals surface area contributed by atoms with E-state index in [2.05, 4.69) is 13.8 Å². The number of carbonyl (C=O) groups is 1. The molecule has 0 spiro atoms. The molecule has 0 radical (unpaired) electrons. The van der Waals surface area contributed by atoms with Crippen molar-refractivity contribution in [1.82, 2.24) is 0 Å². The van der Waals surface area contributed by atoms with E-state index >= 15 is 0 Å². The van der Waals surface area contributed by atoms with Crippen molar-refractivity contribution in [2.75, 3.05) is 6.61 Å². The lowest BCUT2D eigenvalue weighted by molar-refractivity contribution is -0.259. The molecule has 0 aliphatic heterocycles. The van der Waals surface area contributed by atoms with Crippen LogP contribution in [-0.2, 0) is 23.6 Å². The predicted molar refractivity (Wildman–Crippen MR) is 170 cm³/mol. The molecule has 0 aromatic rings. The highest BCUT2D eigenvalue weighted by molar-refractivity contribution is 7.80. The predicted octanol–water partition coefficient (Wildman–Crippen LogP) is 10.2. The molecule has 40 heavy (non-hydrogen) atoms. The number of ether oxygens (including phenoxy) is 3. The molecular formula is C32H63O6PS. The number of rotatable bonds is 27. The van der Waals surface area contributed by atoms with E-state index in [0.29, 0.717) is 12.3 Å². The zero-order valence-electron chi connectivity index (χ0n) is 26.8. The SMILES string of the molecule is CCCCCCCCCCC(CCCCCCCCC)CC(S)OC(CC)OC(O)(P=O)C(=O)OCC(C)(C)C. The van der Waals surface area contributed by atoms with Crippen molar-refractivity contribution in [2.45, 2.75) is 181 Å². The largest absolute Gasteiger partial charge is 0.460 e. The number of esters is 1. The number of hydrogen-bond acceptors (Lipinski definition) is 7. The standard InChI is InChI=1S/C32H63O6PS/c1-7-10-12-14-16-18-20-22-24-27(23-21-19-17-15-13-11-8-2)25-29(40)37-28(9-3)38-32(34,39-35)30(33)36-26-31(4,5)6/h27-29,34,40H,7-26H2,1-6H3. The van der Waals surface area contributed by atoms with Crippen LogP contribution in [0.3, 0.4) is 0 Å². The Morgan fingerprint density at radius 2 is 1.25 bits per heavy atom. The zero-order valence-corrected chi connectivity index (χ0v) is 28.5. The number of unbranched alkanes of at least 4 members (excludes halogenated alkanes) is 13. The van der Waals surface area contributed by atoms with Crippen molar-refractivity contribution in [3.63, 3.8) is 0 Å². The number of carbonyl (C=O) groups excluding carboxylic acids is 1. The van der Waals surface area contributed by atoms with Gasteiger partial charge in [-0.05, 0) is 24.2 Å². The van der Waals surface area contributed by atoms with Crippen molar-refractivity contribution >= 4 is 27.1 Å². The molecule has 0 bridgehead atoms. The van der Waals surface area contributed by atoms with E-state index in [1.54, 1.807) is 0 Å². The van der Waals surface area contributed by atoms with E-state index in [4.69, 9.17) is 26.8 Å². The number of aliphatic hydroxyl groups is 1. The van der Waals surface area contributed by atoms with E-state index in [9.17, 15) is 14.5 Å². The van der Waals surface area contributed by atoms with Crippen molar-refractivity contribution in [3.05, 3.63) is 0 Å². The Morgan fingerprint density at radius 1 is 0.800 bits per heavy atom. The Morgan fingerprint density at radius 3 is 1.65 bits per heavy atom. The second-order valence-corrected chi connectivity index (χ2v) is 14.0. The summed E-state index contributed by atoms with van der Waals surface area (Å²) >= 11 is 4.70. The van der Waals surface area contributed by atoms with Crippen LogP contribution >= 0.6 is 21.1 Å². The molecule has 1 N–H and O–H groups in total. The molecule has 6 nitrogen and oxygen atoms in total. The van der Waals surface area contributed by atoms with Gasteiger partial charge in [-0.3, -0.25) is 4.57 Å².